The van der Waals surface area contributed by atoms with E-state index in [4.69, 9.17) is 4.74 Å². The number of nitriles is 1. The summed E-state index contributed by atoms with van der Waals surface area (Å²) in [6.07, 6.45) is 5.32. The Labute approximate surface area is 210 Å². The number of hydrogen-bond donors (Lipinski definition) is 3. The Hall–Kier alpha value is -4.60. The Balaban J connectivity index is 1.29. The van der Waals surface area contributed by atoms with Crippen molar-refractivity contribution in [1.82, 2.24) is 15.3 Å². The van der Waals surface area contributed by atoms with Crippen molar-refractivity contribution in [2.24, 2.45) is 0 Å². The van der Waals surface area contributed by atoms with Crippen LogP contribution >= 0.6 is 0 Å². The number of H-pyrrole nitrogens is 1. The minimum Gasteiger partial charge on any atom is -0.492 e. The zero-order chi connectivity index (χ0) is 24.7. The van der Waals surface area contributed by atoms with Crippen molar-refractivity contribution in [3.05, 3.63) is 108 Å². The van der Waals surface area contributed by atoms with Gasteiger partial charge in [0.1, 0.15) is 18.4 Å². The van der Waals surface area contributed by atoms with Gasteiger partial charge in [-0.3, -0.25) is 4.98 Å². The Bertz CT molecular complexity index is 1500. The van der Waals surface area contributed by atoms with E-state index in [2.05, 4.69) is 51.8 Å². The second-order valence-electron chi connectivity index (χ2n) is 8.56. The maximum atomic E-state index is 9.77. The van der Waals surface area contributed by atoms with E-state index in [0.717, 1.165) is 57.8 Å². The van der Waals surface area contributed by atoms with Crippen LogP contribution in [0.5, 0.6) is 5.75 Å². The van der Waals surface area contributed by atoms with Crippen LogP contribution in [-0.4, -0.2) is 23.1 Å². The van der Waals surface area contributed by atoms with E-state index in [1.54, 1.807) is 12.4 Å². The molecule has 0 bridgehead atoms. The van der Waals surface area contributed by atoms with Gasteiger partial charge in [0.05, 0.1) is 11.3 Å². The summed E-state index contributed by atoms with van der Waals surface area (Å²) >= 11 is 0. The first kappa shape index (κ1) is 23.2. The Morgan fingerprint density at radius 1 is 0.972 bits per heavy atom. The van der Waals surface area contributed by atoms with E-state index < -0.39 is 0 Å². The summed E-state index contributed by atoms with van der Waals surface area (Å²) in [6.45, 7) is 4.22. The van der Waals surface area contributed by atoms with Gasteiger partial charge >= 0.3 is 0 Å². The molecule has 0 spiro atoms. The van der Waals surface area contributed by atoms with E-state index in [1.807, 2.05) is 60.8 Å². The highest BCUT2D eigenvalue weighted by atomic mass is 16.5. The van der Waals surface area contributed by atoms with Crippen LogP contribution in [0.15, 0.2) is 91.4 Å². The minimum atomic E-state index is 0.492. The van der Waals surface area contributed by atoms with Crippen LogP contribution in [-0.2, 0) is 6.54 Å². The molecule has 6 nitrogen and oxygen atoms in total. The zero-order valence-electron chi connectivity index (χ0n) is 20.1. The molecule has 0 aliphatic heterocycles. The molecule has 2 heterocycles. The first-order valence-electron chi connectivity index (χ1n) is 11.9. The largest absolute Gasteiger partial charge is 0.492 e. The Morgan fingerprint density at radius 2 is 1.81 bits per heavy atom. The Kier molecular flexibility index (Phi) is 6.93. The number of ether oxygens (including phenoxy) is 1. The quantitative estimate of drug-likeness (QED) is 0.218. The lowest BCUT2D eigenvalue weighted by Gasteiger charge is -2.16. The molecule has 0 fully saturated rings. The second-order valence-corrected chi connectivity index (χ2v) is 8.56. The number of rotatable bonds is 9. The predicted octanol–water partition coefficient (Wildman–Crippen LogP) is 6.32. The standard InChI is InChI=1S/C30H27N5O/c1-21-26-13-14-34-29(26)12-11-28(21)35-30-24(17-31)19-33-20-27(30)23-7-9-25(10-8-23)36-16-15-32-18-22-5-3-2-4-6-22/h2-14,19-20,32,34H,15-16,18H2,1H3,(H,33,35). The van der Waals surface area contributed by atoms with E-state index in [0.29, 0.717) is 12.2 Å². The van der Waals surface area contributed by atoms with Gasteiger partial charge in [-0.05, 0) is 53.9 Å². The van der Waals surface area contributed by atoms with Gasteiger partial charge in [-0.2, -0.15) is 5.26 Å². The molecule has 0 saturated heterocycles. The highest BCUT2D eigenvalue weighted by Gasteiger charge is 2.14. The van der Waals surface area contributed by atoms with Crippen molar-refractivity contribution in [3.63, 3.8) is 0 Å². The lowest BCUT2D eigenvalue weighted by Crippen LogP contribution is -2.20. The number of aryl methyl sites for hydroxylation is 1. The minimum absolute atomic E-state index is 0.492. The van der Waals surface area contributed by atoms with Gasteiger partial charge in [-0.15, -0.1) is 0 Å². The molecule has 0 unspecified atom stereocenters. The third-order valence-corrected chi connectivity index (χ3v) is 6.21. The number of nitrogens with zero attached hydrogens (tertiary/aromatic N) is 2. The molecule has 0 aliphatic carbocycles. The summed E-state index contributed by atoms with van der Waals surface area (Å²) in [4.78, 5) is 7.55. The Morgan fingerprint density at radius 3 is 2.61 bits per heavy atom. The van der Waals surface area contributed by atoms with Crippen molar-refractivity contribution in [2.45, 2.75) is 13.5 Å². The van der Waals surface area contributed by atoms with Gasteiger partial charge in [0.25, 0.3) is 0 Å². The number of pyridine rings is 1. The second kappa shape index (κ2) is 10.8. The highest BCUT2D eigenvalue weighted by Crippen LogP contribution is 2.35. The van der Waals surface area contributed by atoms with Crippen molar-refractivity contribution in [2.75, 3.05) is 18.5 Å². The van der Waals surface area contributed by atoms with E-state index in [1.165, 1.54) is 5.56 Å². The van der Waals surface area contributed by atoms with Gasteiger partial charge in [0.2, 0.25) is 0 Å². The summed E-state index contributed by atoms with van der Waals surface area (Å²) in [7, 11) is 0. The molecule has 5 aromatic rings. The lowest BCUT2D eigenvalue weighted by molar-refractivity contribution is 0.313. The summed E-state index contributed by atoms with van der Waals surface area (Å²) in [5, 5.41) is 17.8. The van der Waals surface area contributed by atoms with E-state index in [-0.39, 0.29) is 0 Å². The summed E-state index contributed by atoms with van der Waals surface area (Å²) in [6, 6.07) is 26.6. The van der Waals surface area contributed by atoms with Crippen LogP contribution in [0, 0.1) is 18.3 Å². The van der Waals surface area contributed by atoms with Gasteiger partial charge < -0.3 is 20.4 Å². The van der Waals surface area contributed by atoms with Crippen LogP contribution in [0.3, 0.4) is 0 Å². The molecule has 5 rings (SSSR count). The monoisotopic (exact) mass is 473 g/mol. The molecule has 0 saturated carbocycles. The summed E-state index contributed by atoms with van der Waals surface area (Å²) < 4.78 is 5.91. The maximum absolute atomic E-state index is 9.77. The summed E-state index contributed by atoms with van der Waals surface area (Å²) in [5.41, 5.74) is 7.45. The fourth-order valence-electron chi connectivity index (χ4n) is 4.25. The van der Waals surface area contributed by atoms with Crippen molar-refractivity contribution in [3.8, 4) is 22.9 Å². The third kappa shape index (κ3) is 5.07. The van der Waals surface area contributed by atoms with Gasteiger partial charge in [-0.1, -0.05) is 42.5 Å². The summed E-state index contributed by atoms with van der Waals surface area (Å²) in [5.74, 6) is 0.799. The molecule has 0 amide bonds. The van der Waals surface area contributed by atoms with E-state index in [9.17, 15) is 5.26 Å². The number of benzene rings is 3. The highest BCUT2D eigenvalue weighted by molar-refractivity contribution is 5.91. The number of aromatic nitrogens is 2. The van der Waals surface area contributed by atoms with Crippen LogP contribution in [0.2, 0.25) is 0 Å². The maximum Gasteiger partial charge on any atom is 0.119 e. The number of nitrogens with one attached hydrogen (secondary N) is 3. The lowest BCUT2D eigenvalue weighted by atomic mass is 10.0. The normalized spacial score (nSPS) is 10.8. The SMILES string of the molecule is Cc1c(Nc2c(C#N)cncc2-c2ccc(OCCNCc3ccccc3)cc2)ccc2[nH]ccc12. The van der Waals surface area contributed by atoms with Crippen molar-refractivity contribution in [1.29, 1.82) is 5.26 Å². The molecule has 36 heavy (non-hydrogen) atoms. The van der Waals surface area contributed by atoms with Gasteiger partial charge in [0, 0.05) is 53.8 Å². The number of hydrogen-bond acceptors (Lipinski definition) is 5. The molecular weight excluding hydrogens is 446 g/mol. The predicted molar refractivity (Wildman–Crippen MR) is 144 cm³/mol. The topological polar surface area (TPSA) is 85.8 Å². The molecule has 3 aromatic carbocycles. The van der Waals surface area contributed by atoms with Crippen LogP contribution in [0.1, 0.15) is 16.7 Å². The molecule has 2 aromatic heterocycles. The van der Waals surface area contributed by atoms with Gasteiger partial charge in [-0.25, -0.2) is 0 Å². The zero-order valence-corrected chi connectivity index (χ0v) is 20.1. The fraction of sp³-hybridized carbons (Fsp3) is 0.133. The van der Waals surface area contributed by atoms with Crippen LogP contribution in [0.4, 0.5) is 11.4 Å². The van der Waals surface area contributed by atoms with Crippen molar-refractivity contribution >= 4 is 22.3 Å². The molecule has 0 radical (unpaired) electrons. The molecule has 3 N–H and O–H groups in total. The molecule has 178 valence electrons. The van der Waals surface area contributed by atoms with E-state index >= 15 is 0 Å². The van der Waals surface area contributed by atoms with Gasteiger partial charge in [0.15, 0.2) is 0 Å². The van der Waals surface area contributed by atoms with Crippen molar-refractivity contribution < 1.29 is 4.74 Å². The molecule has 0 atom stereocenters. The number of fused-ring (bicyclic) bond motifs is 1. The third-order valence-electron chi connectivity index (χ3n) is 6.21. The first-order chi connectivity index (χ1) is 17.7. The average molecular weight is 474 g/mol. The van der Waals surface area contributed by atoms with Crippen LogP contribution in [0.25, 0.3) is 22.0 Å². The molecule has 0 aliphatic rings. The van der Waals surface area contributed by atoms with Crippen LogP contribution < -0.4 is 15.4 Å². The average Bonchev–Trinajstić information content (AvgIpc) is 3.41. The first-order valence-corrected chi connectivity index (χ1v) is 11.9. The number of aromatic amines is 1. The fourth-order valence-corrected chi connectivity index (χ4v) is 4.25. The molecular formula is C30H27N5O. The molecule has 6 heteroatoms. The number of anilines is 2. The smallest absolute Gasteiger partial charge is 0.119 e.